The predicted octanol–water partition coefficient (Wildman–Crippen LogP) is 2.39. The van der Waals surface area contributed by atoms with Crippen LogP contribution in [0.25, 0.3) is 0 Å². The van der Waals surface area contributed by atoms with Crippen LogP contribution in [0.1, 0.15) is 44.0 Å². The van der Waals surface area contributed by atoms with E-state index in [0.717, 1.165) is 0 Å². The second kappa shape index (κ2) is 9.22. The fourth-order valence-electron chi connectivity index (χ4n) is 1.33. The van der Waals surface area contributed by atoms with Crippen molar-refractivity contribution in [2.45, 2.75) is 33.6 Å². The van der Waals surface area contributed by atoms with Gasteiger partial charge in [0.05, 0.1) is 0 Å². The standard InChI is InChI=1S/C12H16N2O2.C2H6/c1-2-14-12(16)8-7-11(15)9-3-5-10(13)6-4-9;1-2/h3-6H,2,7-8,13H2,1H3,(H,14,16);1-2H3. The van der Waals surface area contributed by atoms with Crippen molar-refractivity contribution < 1.29 is 9.59 Å². The number of carbonyl (C=O) groups is 2. The smallest absolute Gasteiger partial charge is 0.220 e. The largest absolute Gasteiger partial charge is 0.399 e. The normalized spacial score (nSPS) is 9.06. The second-order valence-electron chi connectivity index (χ2n) is 3.50. The monoisotopic (exact) mass is 250 g/mol. The summed E-state index contributed by atoms with van der Waals surface area (Å²) in [5.41, 5.74) is 6.73. The SMILES string of the molecule is CC.CCNC(=O)CCC(=O)c1ccc(N)cc1. The molecular formula is C14H22N2O2. The maximum absolute atomic E-state index is 11.6. The molecule has 0 radical (unpaired) electrons. The number of benzene rings is 1. The van der Waals surface area contributed by atoms with Crippen molar-refractivity contribution in [1.29, 1.82) is 0 Å². The molecular weight excluding hydrogens is 228 g/mol. The van der Waals surface area contributed by atoms with Crippen molar-refractivity contribution in [3.63, 3.8) is 0 Å². The highest BCUT2D eigenvalue weighted by Crippen LogP contribution is 2.08. The van der Waals surface area contributed by atoms with Crippen LogP contribution < -0.4 is 11.1 Å². The van der Waals surface area contributed by atoms with Gasteiger partial charge in [0.25, 0.3) is 0 Å². The van der Waals surface area contributed by atoms with E-state index < -0.39 is 0 Å². The Morgan fingerprint density at radius 3 is 2.17 bits per heavy atom. The van der Waals surface area contributed by atoms with Crippen LogP contribution in [-0.4, -0.2) is 18.2 Å². The highest BCUT2D eigenvalue weighted by molar-refractivity contribution is 5.98. The Bertz CT molecular complexity index is 372. The summed E-state index contributed by atoms with van der Waals surface area (Å²) < 4.78 is 0. The van der Waals surface area contributed by atoms with Gasteiger partial charge in [0.1, 0.15) is 0 Å². The molecule has 0 atom stereocenters. The molecule has 0 aliphatic heterocycles. The number of nitrogens with two attached hydrogens (primary N) is 1. The van der Waals surface area contributed by atoms with Crippen LogP contribution in [0.5, 0.6) is 0 Å². The number of Topliss-reactive ketones (excluding diaryl/α,β-unsaturated/α-hetero) is 1. The van der Waals surface area contributed by atoms with Crippen molar-refractivity contribution in [3.8, 4) is 0 Å². The molecule has 0 saturated heterocycles. The first kappa shape index (κ1) is 16.2. The number of rotatable bonds is 5. The highest BCUT2D eigenvalue weighted by Gasteiger charge is 2.08. The van der Waals surface area contributed by atoms with E-state index in [0.29, 0.717) is 17.8 Å². The van der Waals surface area contributed by atoms with Crippen LogP contribution in [0, 0.1) is 0 Å². The van der Waals surface area contributed by atoms with E-state index >= 15 is 0 Å². The number of nitrogens with one attached hydrogen (secondary N) is 1. The van der Waals surface area contributed by atoms with Crippen LogP contribution in [0.2, 0.25) is 0 Å². The lowest BCUT2D eigenvalue weighted by molar-refractivity contribution is -0.120. The van der Waals surface area contributed by atoms with Crippen molar-refractivity contribution in [2.75, 3.05) is 12.3 Å². The van der Waals surface area contributed by atoms with Crippen LogP contribution in [0.3, 0.4) is 0 Å². The highest BCUT2D eigenvalue weighted by atomic mass is 16.2. The molecule has 0 spiro atoms. The molecule has 1 aromatic rings. The zero-order valence-corrected chi connectivity index (χ0v) is 11.3. The summed E-state index contributed by atoms with van der Waals surface area (Å²) in [5.74, 6) is -0.127. The fourth-order valence-corrected chi connectivity index (χ4v) is 1.33. The Kier molecular flexibility index (Phi) is 8.27. The minimum Gasteiger partial charge on any atom is -0.399 e. The van der Waals surface area contributed by atoms with Gasteiger partial charge in [-0.2, -0.15) is 0 Å². The molecule has 18 heavy (non-hydrogen) atoms. The molecule has 0 unspecified atom stereocenters. The van der Waals surface area contributed by atoms with Gasteiger partial charge >= 0.3 is 0 Å². The second-order valence-corrected chi connectivity index (χ2v) is 3.50. The van der Waals surface area contributed by atoms with Gasteiger partial charge in [-0.15, -0.1) is 0 Å². The number of nitrogen functional groups attached to an aromatic ring is 1. The van der Waals surface area contributed by atoms with Gasteiger partial charge in [-0.25, -0.2) is 0 Å². The number of anilines is 1. The molecule has 100 valence electrons. The molecule has 3 N–H and O–H groups in total. The van der Waals surface area contributed by atoms with Crippen LogP contribution in [0.4, 0.5) is 5.69 Å². The van der Waals surface area contributed by atoms with E-state index in [4.69, 9.17) is 5.73 Å². The minimum absolute atomic E-state index is 0.0359. The zero-order chi connectivity index (χ0) is 14.0. The summed E-state index contributed by atoms with van der Waals surface area (Å²) in [7, 11) is 0. The Morgan fingerprint density at radius 1 is 1.11 bits per heavy atom. The number of hydrogen-bond donors (Lipinski definition) is 2. The lowest BCUT2D eigenvalue weighted by atomic mass is 10.1. The Balaban J connectivity index is 0.00000137. The van der Waals surface area contributed by atoms with Crippen molar-refractivity contribution in [1.82, 2.24) is 5.32 Å². The van der Waals surface area contributed by atoms with Crippen molar-refractivity contribution in [3.05, 3.63) is 29.8 Å². The van der Waals surface area contributed by atoms with E-state index in [1.165, 1.54) is 0 Å². The first-order valence-electron chi connectivity index (χ1n) is 6.29. The van der Waals surface area contributed by atoms with Gasteiger partial charge in [0, 0.05) is 30.6 Å². The molecule has 0 heterocycles. The first-order valence-corrected chi connectivity index (χ1v) is 6.29. The fraction of sp³-hybridized carbons (Fsp3) is 0.429. The molecule has 4 nitrogen and oxygen atoms in total. The zero-order valence-electron chi connectivity index (χ0n) is 11.3. The summed E-state index contributed by atoms with van der Waals surface area (Å²) in [6.45, 7) is 6.44. The van der Waals surface area contributed by atoms with E-state index in [9.17, 15) is 9.59 Å². The van der Waals surface area contributed by atoms with Gasteiger partial charge in [-0.1, -0.05) is 13.8 Å². The molecule has 4 heteroatoms. The molecule has 1 rings (SSSR count). The topological polar surface area (TPSA) is 72.2 Å². The van der Waals surface area contributed by atoms with Crippen LogP contribution >= 0.6 is 0 Å². The van der Waals surface area contributed by atoms with E-state index in [2.05, 4.69) is 5.32 Å². The summed E-state index contributed by atoms with van der Waals surface area (Å²) in [4.78, 5) is 22.8. The van der Waals surface area contributed by atoms with Crippen LogP contribution in [-0.2, 0) is 4.79 Å². The molecule has 0 aliphatic rings. The molecule has 0 bridgehead atoms. The average molecular weight is 250 g/mol. The van der Waals surface area contributed by atoms with Gasteiger partial charge in [0.15, 0.2) is 5.78 Å². The van der Waals surface area contributed by atoms with Crippen LogP contribution in [0.15, 0.2) is 24.3 Å². The van der Waals surface area contributed by atoms with Gasteiger partial charge < -0.3 is 11.1 Å². The molecule has 1 aromatic carbocycles. The van der Waals surface area contributed by atoms with E-state index in [1.54, 1.807) is 24.3 Å². The number of hydrogen-bond acceptors (Lipinski definition) is 3. The van der Waals surface area contributed by atoms with E-state index in [-0.39, 0.29) is 24.5 Å². The number of ketones is 1. The number of carbonyl (C=O) groups excluding carboxylic acids is 2. The molecule has 0 saturated carbocycles. The summed E-state index contributed by atoms with van der Waals surface area (Å²) in [6, 6.07) is 6.71. The summed E-state index contributed by atoms with van der Waals surface area (Å²) in [6.07, 6.45) is 0.465. The van der Waals surface area contributed by atoms with Gasteiger partial charge in [-0.05, 0) is 31.2 Å². The van der Waals surface area contributed by atoms with E-state index in [1.807, 2.05) is 20.8 Å². The lowest BCUT2D eigenvalue weighted by Gasteiger charge is -2.02. The molecule has 0 aromatic heterocycles. The summed E-state index contributed by atoms with van der Waals surface area (Å²) in [5, 5.41) is 2.65. The summed E-state index contributed by atoms with van der Waals surface area (Å²) >= 11 is 0. The Morgan fingerprint density at radius 2 is 1.67 bits per heavy atom. The van der Waals surface area contributed by atoms with Crippen molar-refractivity contribution in [2.24, 2.45) is 0 Å². The lowest BCUT2D eigenvalue weighted by Crippen LogP contribution is -2.23. The number of amides is 1. The minimum atomic E-state index is -0.0914. The molecule has 0 aliphatic carbocycles. The van der Waals surface area contributed by atoms with Gasteiger partial charge in [0.2, 0.25) is 5.91 Å². The maximum Gasteiger partial charge on any atom is 0.220 e. The van der Waals surface area contributed by atoms with Gasteiger partial charge in [-0.3, -0.25) is 9.59 Å². The third kappa shape index (κ3) is 6.03. The quantitative estimate of drug-likeness (QED) is 0.622. The molecule has 0 fully saturated rings. The molecule has 1 amide bonds. The first-order chi connectivity index (χ1) is 8.63. The predicted molar refractivity (Wildman–Crippen MR) is 74.5 cm³/mol. The third-order valence-corrected chi connectivity index (χ3v) is 2.19. The maximum atomic E-state index is 11.6. The Labute approximate surface area is 109 Å². The Hall–Kier alpha value is -1.84. The average Bonchev–Trinajstić information content (AvgIpc) is 2.39. The van der Waals surface area contributed by atoms with Crippen molar-refractivity contribution >= 4 is 17.4 Å². The third-order valence-electron chi connectivity index (χ3n) is 2.19.